The summed E-state index contributed by atoms with van der Waals surface area (Å²) in [5, 5.41) is 10.6. The van der Waals surface area contributed by atoms with Gasteiger partial charge in [0.15, 0.2) is 0 Å². The Bertz CT molecular complexity index is 818. The second kappa shape index (κ2) is 7.27. The predicted octanol–water partition coefficient (Wildman–Crippen LogP) is 2.85. The van der Waals surface area contributed by atoms with Gasteiger partial charge < -0.3 is 4.90 Å². The minimum Gasteiger partial charge on any atom is -0.308 e. The van der Waals surface area contributed by atoms with Crippen molar-refractivity contribution in [1.82, 2.24) is 4.57 Å². The van der Waals surface area contributed by atoms with Crippen LogP contribution in [0.15, 0.2) is 47.4 Å². The molecule has 24 heavy (non-hydrogen) atoms. The van der Waals surface area contributed by atoms with Crippen molar-refractivity contribution < 1.29 is 9.72 Å². The molecule has 0 aliphatic carbocycles. The van der Waals surface area contributed by atoms with Gasteiger partial charge in [0.25, 0.3) is 11.2 Å². The number of aromatic nitrogens is 1. The predicted molar refractivity (Wildman–Crippen MR) is 91.4 cm³/mol. The van der Waals surface area contributed by atoms with Crippen LogP contribution < -0.4 is 10.5 Å². The first-order valence-corrected chi connectivity index (χ1v) is 7.60. The summed E-state index contributed by atoms with van der Waals surface area (Å²) in [7, 11) is 0. The highest BCUT2D eigenvalue weighted by Gasteiger charge is 2.21. The molecule has 1 heterocycles. The molecule has 8 heteroatoms. The van der Waals surface area contributed by atoms with Gasteiger partial charge in [-0.2, -0.15) is 0 Å². The largest absolute Gasteiger partial charge is 0.308 e. The van der Waals surface area contributed by atoms with Crippen LogP contribution in [0.4, 0.5) is 11.4 Å². The molecule has 2 rings (SSSR count). The van der Waals surface area contributed by atoms with Crippen molar-refractivity contribution >= 4 is 28.9 Å². The van der Waals surface area contributed by atoms with Crippen molar-refractivity contribution in [2.45, 2.75) is 26.4 Å². The van der Waals surface area contributed by atoms with Gasteiger partial charge in [-0.1, -0.05) is 29.8 Å². The van der Waals surface area contributed by atoms with Crippen LogP contribution in [0.2, 0.25) is 5.02 Å². The number of para-hydroxylation sites is 1. The fourth-order valence-corrected chi connectivity index (χ4v) is 2.56. The third-order valence-electron chi connectivity index (χ3n) is 3.36. The van der Waals surface area contributed by atoms with Crippen LogP contribution in [0.5, 0.6) is 0 Å². The highest BCUT2D eigenvalue weighted by Crippen LogP contribution is 2.18. The Morgan fingerprint density at radius 1 is 1.33 bits per heavy atom. The van der Waals surface area contributed by atoms with Crippen molar-refractivity contribution in [3.63, 3.8) is 0 Å². The zero-order valence-corrected chi connectivity index (χ0v) is 13.9. The first kappa shape index (κ1) is 17.7. The normalized spacial score (nSPS) is 10.7. The molecular formula is C16H16ClN3O4. The molecule has 1 aromatic carbocycles. The number of nitro groups is 1. The van der Waals surface area contributed by atoms with Crippen LogP contribution in [0.25, 0.3) is 0 Å². The molecule has 0 aliphatic rings. The van der Waals surface area contributed by atoms with E-state index in [0.717, 1.165) is 16.8 Å². The number of hydrogen-bond donors (Lipinski definition) is 0. The fourth-order valence-electron chi connectivity index (χ4n) is 2.34. The third-order valence-corrected chi connectivity index (χ3v) is 3.63. The van der Waals surface area contributed by atoms with Gasteiger partial charge in [0.05, 0.1) is 11.1 Å². The Morgan fingerprint density at radius 2 is 1.96 bits per heavy atom. The quantitative estimate of drug-likeness (QED) is 0.613. The number of pyridine rings is 1. The number of benzene rings is 1. The number of nitrogens with zero attached hydrogens (tertiary/aromatic N) is 3. The summed E-state index contributed by atoms with van der Waals surface area (Å²) in [4.78, 5) is 36.5. The van der Waals surface area contributed by atoms with Gasteiger partial charge in [0, 0.05) is 17.8 Å². The number of carbonyl (C=O) groups is 1. The molecule has 2 aromatic rings. The van der Waals surface area contributed by atoms with E-state index in [1.807, 2.05) is 19.9 Å². The maximum absolute atomic E-state index is 12.7. The van der Waals surface area contributed by atoms with Crippen LogP contribution in [0, 0.1) is 10.1 Å². The van der Waals surface area contributed by atoms with Crippen molar-refractivity contribution in [2.24, 2.45) is 0 Å². The highest BCUT2D eigenvalue weighted by molar-refractivity contribution is 6.30. The minimum atomic E-state index is -0.663. The Balaban J connectivity index is 2.37. The van der Waals surface area contributed by atoms with Gasteiger partial charge >= 0.3 is 0 Å². The monoisotopic (exact) mass is 349 g/mol. The molecular weight excluding hydrogens is 334 g/mol. The molecule has 1 amide bonds. The van der Waals surface area contributed by atoms with E-state index >= 15 is 0 Å². The van der Waals surface area contributed by atoms with Gasteiger partial charge in [-0.05, 0) is 26.0 Å². The van der Waals surface area contributed by atoms with Crippen molar-refractivity contribution in [3.8, 4) is 0 Å². The molecule has 0 radical (unpaired) electrons. The lowest BCUT2D eigenvalue weighted by molar-refractivity contribution is -0.385. The standard InChI is InChI=1S/C16H16ClN3O4/c1-11(2)19(12-6-4-3-5-7-12)15(21)10-18-9-13(20(23)24)8-14(17)16(18)22/h3-9,11H,10H2,1-2H3. The first-order chi connectivity index (χ1) is 11.3. The lowest BCUT2D eigenvalue weighted by Gasteiger charge is -2.27. The van der Waals surface area contributed by atoms with Gasteiger partial charge in [0.2, 0.25) is 5.91 Å². The Labute approximate surface area is 143 Å². The highest BCUT2D eigenvalue weighted by atomic mass is 35.5. The molecule has 0 bridgehead atoms. The fraction of sp³-hybridized carbons (Fsp3) is 0.250. The van der Waals surface area contributed by atoms with Crippen LogP contribution in [0.3, 0.4) is 0 Å². The van der Waals surface area contributed by atoms with Gasteiger partial charge in [-0.15, -0.1) is 0 Å². The summed E-state index contributed by atoms with van der Waals surface area (Å²) in [6, 6.07) is 9.81. The summed E-state index contributed by atoms with van der Waals surface area (Å²) >= 11 is 5.74. The summed E-state index contributed by atoms with van der Waals surface area (Å²) in [6.45, 7) is 3.34. The summed E-state index contributed by atoms with van der Waals surface area (Å²) < 4.78 is 0.959. The van der Waals surface area contributed by atoms with Gasteiger partial charge in [-0.3, -0.25) is 24.3 Å². The van der Waals surface area contributed by atoms with E-state index in [2.05, 4.69) is 0 Å². The number of amides is 1. The molecule has 0 N–H and O–H groups in total. The van der Waals surface area contributed by atoms with Crippen molar-refractivity contribution in [3.05, 3.63) is 68.1 Å². The number of hydrogen-bond acceptors (Lipinski definition) is 4. The van der Waals surface area contributed by atoms with Crippen molar-refractivity contribution in [1.29, 1.82) is 0 Å². The molecule has 0 saturated carbocycles. The number of carbonyl (C=O) groups excluding carboxylic acids is 1. The molecule has 7 nitrogen and oxygen atoms in total. The van der Waals surface area contributed by atoms with Crippen LogP contribution in [0.1, 0.15) is 13.8 Å². The van der Waals surface area contributed by atoms with E-state index in [-0.39, 0.29) is 29.2 Å². The molecule has 0 aliphatic heterocycles. The van der Waals surface area contributed by atoms with E-state index in [1.165, 1.54) is 4.90 Å². The van der Waals surface area contributed by atoms with Crippen molar-refractivity contribution in [2.75, 3.05) is 4.90 Å². The summed E-state index contributed by atoms with van der Waals surface area (Å²) in [5.74, 6) is -0.366. The number of anilines is 1. The maximum atomic E-state index is 12.7. The van der Waals surface area contributed by atoms with Crippen LogP contribution in [-0.2, 0) is 11.3 Å². The van der Waals surface area contributed by atoms with E-state index < -0.39 is 10.5 Å². The third kappa shape index (κ3) is 3.80. The van der Waals surface area contributed by atoms with E-state index in [4.69, 9.17) is 11.6 Å². The van der Waals surface area contributed by atoms with E-state index in [9.17, 15) is 19.7 Å². The van der Waals surface area contributed by atoms with E-state index in [1.54, 1.807) is 24.3 Å². The average molecular weight is 350 g/mol. The Morgan fingerprint density at radius 3 is 2.50 bits per heavy atom. The average Bonchev–Trinajstić information content (AvgIpc) is 2.52. The molecule has 0 atom stereocenters. The van der Waals surface area contributed by atoms with Gasteiger partial charge in [0.1, 0.15) is 11.6 Å². The molecule has 126 valence electrons. The van der Waals surface area contributed by atoms with Crippen LogP contribution in [-0.4, -0.2) is 21.4 Å². The van der Waals surface area contributed by atoms with E-state index in [0.29, 0.717) is 5.69 Å². The smallest absolute Gasteiger partial charge is 0.287 e. The molecule has 0 unspecified atom stereocenters. The molecule has 0 fully saturated rings. The van der Waals surface area contributed by atoms with Gasteiger partial charge in [-0.25, -0.2) is 0 Å². The number of rotatable bonds is 5. The first-order valence-electron chi connectivity index (χ1n) is 7.22. The van der Waals surface area contributed by atoms with Crippen LogP contribution >= 0.6 is 11.6 Å². The summed E-state index contributed by atoms with van der Waals surface area (Å²) in [6.07, 6.45) is 1.02. The molecule has 0 spiro atoms. The topological polar surface area (TPSA) is 85.4 Å². The maximum Gasteiger partial charge on any atom is 0.287 e. The minimum absolute atomic E-state index is 0.148. The zero-order chi connectivity index (χ0) is 17.9. The Kier molecular flexibility index (Phi) is 5.35. The lowest BCUT2D eigenvalue weighted by Crippen LogP contribution is -2.41. The lowest BCUT2D eigenvalue weighted by atomic mass is 10.2. The number of halogens is 1. The second-order valence-corrected chi connectivity index (χ2v) is 5.84. The SMILES string of the molecule is CC(C)N(C(=O)Cn1cc([N+](=O)[O-])cc(Cl)c1=O)c1ccccc1. The molecule has 0 saturated heterocycles. The Hall–Kier alpha value is -2.67. The zero-order valence-electron chi connectivity index (χ0n) is 13.2. The molecule has 1 aromatic heterocycles. The second-order valence-electron chi connectivity index (χ2n) is 5.43. The summed E-state index contributed by atoms with van der Waals surface area (Å²) in [5.41, 5.74) is -0.308.